The molecule has 118 valence electrons. The predicted molar refractivity (Wildman–Crippen MR) is 81.5 cm³/mol. The Morgan fingerprint density at radius 1 is 1.48 bits per heavy atom. The standard InChI is InChI=1S/C14H24N4O3/c1-10(12(19)16-7-9-21-5)17-11-13(20)18(8-6-15-11)14(2,3)4/h6,8,10H,7,9H2,1-5H3,(H,15,17)(H,16,19). The zero-order valence-electron chi connectivity index (χ0n) is 13.3. The number of nitrogens with zero attached hydrogens (tertiary/aromatic N) is 2. The van der Waals surface area contributed by atoms with Crippen molar-refractivity contribution in [3.8, 4) is 0 Å². The van der Waals surface area contributed by atoms with Crippen LogP contribution in [0.3, 0.4) is 0 Å². The molecule has 0 aromatic carbocycles. The Labute approximate surface area is 124 Å². The van der Waals surface area contributed by atoms with Crippen LogP contribution in [0.25, 0.3) is 0 Å². The largest absolute Gasteiger partial charge is 0.383 e. The average Bonchev–Trinajstić information content (AvgIpc) is 2.39. The molecular weight excluding hydrogens is 272 g/mol. The maximum absolute atomic E-state index is 12.3. The van der Waals surface area contributed by atoms with Gasteiger partial charge in [0, 0.05) is 31.6 Å². The lowest BCUT2D eigenvalue weighted by Crippen LogP contribution is -2.42. The van der Waals surface area contributed by atoms with E-state index in [-0.39, 0.29) is 22.8 Å². The lowest BCUT2D eigenvalue weighted by molar-refractivity contribution is -0.121. The van der Waals surface area contributed by atoms with Gasteiger partial charge >= 0.3 is 0 Å². The minimum Gasteiger partial charge on any atom is -0.383 e. The Morgan fingerprint density at radius 3 is 2.71 bits per heavy atom. The first-order chi connectivity index (χ1) is 9.77. The number of methoxy groups -OCH3 is 1. The van der Waals surface area contributed by atoms with E-state index in [9.17, 15) is 9.59 Å². The molecule has 0 saturated heterocycles. The lowest BCUT2D eigenvalue weighted by Gasteiger charge is -2.23. The molecule has 1 rings (SSSR count). The van der Waals surface area contributed by atoms with Crippen LogP contribution in [0.15, 0.2) is 17.2 Å². The summed E-state index contributed by atoms with van der Waals surface area (Å²) in [7, 11) is 1.57. The highest BCUT2D eigenvalue weighted by Crippen LogP contribution is 2.10. The Hall–Kier alpha value is -1.89. The van der Waals surface area contributed by atoms with Gasteiger partial charge in [-0.3, -0.25) is 9.59 Å². The third-order valence-electron chi connectivity index (χ3n) is 2.92. The molecule has 21 heavy (non-hydrogen) atoms. The van der Waals surface area contributed by atoms with Gasteiger partial charge in [0.2, 0.25) is 5.91 Å². The van der Waals surface area contributed by atoms with Gasteiger partial charge in [-0.2, -0.15) is 0 Å². The van der Waals surface area contributed by atoms with Gasteiger partial charge in [-0.15, -0.1) is 0 Å². The second kappa shape index (κ2) is 7.21. The van der Waals surface area contributed by atoms with E-state index in [0.29, 0.717) is 13.2 Å². The zero-order chi connectivity index (χ0) is 16.0. The molecule has 7 heteroatoms. The van der Waals surface area contributed by atoms with Gasteiger partial charge in [0.15, 0.2) is 5.82 Å². The summed E-state index contributed by atoms with van der Waals surface area (Å²) in [5.41, 5.74) is -0.595. The summed E-state index contributed by atoms with van der Waals surface area (Å²) in [6.45, 7) is 8.34. The van der Waals surface area contributed by atoms with Crippen LogP contribution in [0.5, 0.6) is 0 Å². The van der Waals surface area contributed by atoms with Crippen LogP contribution in [-0.2, 0) is 15.1 Å². The first-order valence-electron chi connectivity index (χ1n) is 6.88. The molecule has 1 unspecified atom stereocenters. The van der Waals surface area contributed by atoms with Gasteiger partial charge in [0.1, 0.15) is 6.04 Å². The van der Waals surface area contributed by atoms with E-state index in [0.717, 1.165) is 0 Å². The number of carbonyl (C=O) groups excluding carboxylic acids is 1. The molecule has 1 heterocycles. The van der Waals surface area contributed by atoms with Gasteiger partial charge in [0.05, 0.1) is 6.61 Å². The molecule has 7 nitrogen and oxygen atoms in total. The molecule has 0 radical (unpaired) electrons. The Morgan fingerprint density at radius 2 is 2.14 bits per heavy atom. The number of rotatable bonds is 6. The maximum atomic E-state index is 12.3. The SMILES string of the molecule is COCCNC(=O)C(C)Nc1nccn(C(C)(C)C)c1=O. The van der Waals surface area contributed by atoms with Gasteiger partial charge in [-0.25, -0.2) is 4.98 Å². The molecule has 0 saturated carbocycles. The molecule has 1 amide bonds. The van der Waals surface area contributed by atoms with Crippen molar-refractivity contribution in [3.63, 3.8) is 0 Å². The normalized spacial score (nSPS) is 12.8. The number of hydrogen-bond acceptors (Lipinski definition) is 5. The van der Waals surface area contributed by atoms with Crippen molar-refractivity contribution >= 4 is 11.7 Å². The molecule has 0 aliphatic rings. The fourth-order valence-corrected chi connectivity index (χ4v) is 1.74. The summed E-state index contributed by atoms with van der Waals surface area (Å²) in [4.78, 5) is 28.2. The number of aromatic nitrogens is 2. The molecule has 1 aromatic heterocycles. The zero-order valence-corrected chi connectivity index (χ0v) is 13.3. The highest BCUT2D eigenvalue weighted by Gasteiger charge is 2.19. The molecule has 0 aliphatic heterocycles. The quantitative estimate of drug-likeness (QED) is 0.749. The van der Waals surface area contributed by atoms with Crippen molar-refractivity contribution in [3.05, 3.63) is 22.7 Å². The van der Waals surface area contributed by atoms with E-state index in [4.69, 9.17) is 4.74 Å². The fraction of sp³-hybridized carbons (Fsp3) is 0.643. The van der Waals surface area contributed by atoms with Gasteiger partial charge in [-0.05, 0) is 27.7 Å². The molecule has 1 atom stereocenters. The van der Waals surface area contributed by atoms with Gasteiger partial charge in [-0.1, -0.05) is 0 Å². The lowest BCUT2D eigenvalue weighted by atomic mass is 10.1. The monoisotopic (exact) mass is 296 g/mol. The number of ether oxygens (including phenoxy) is 1. The van der Waals surface area contributed by atoms with Crippen molar-refractivity contribution in [1.29, 1.82) is 0 Å². The minimum absolute atomic E-state index is 0.168. The van der Waals surface area contributed by atoms with Crippen molar-refractivity contribution < 1.29 is 9.53 Å². The van der Waals surface area contributed by atoms with E-state index >= 15 is 0 Å². The van der Waals surface area contributed by atoms with E-state index in [1.807, 2.05) is 20.8 Å². The molecule has 0 aliphatic carbocycles. The van der Waals surface area contributed by atoms with Crippen LogP contribution in [0.4, 0.5) is 5.82 Å². The van der Waals surface area contributed by atoms with E-state index in [1.165, 1.54) is 0 Å². The average molecular weight is 296 g/mol. The van der Waals surface area contributed by atoms with Crippen LogP contribution < -0.4 is 16.2 Å². The molecular formula is C14H24N4O3. The van der Waals surface area contributed by atoms with Crippen molar-refractivity contribution in [2.75, 3.05) is 25.6 Å². The second-order valence-electron chi connectivity index (χ2n) is 5.77. The topological polar surface area (TPSA) is 85.2 Å². The molecule has 0 spiro atoms. The van der Waals surface area contributed by atoms with Gasteiger partial charge < -0.3 is 19.9 Å². The summed E-state index contributed by atoms with van der Waals surface area (Å²) in [6.07, 6.45) is 3.18. The van der Waals surface area contributed by atoms with Crippen molar-refractivity contribution in [1.82, 2.24) is 14.9 Å². The Kier molecular flexibility index (Phi) is 5.90. The van der Waals surface area contributed by atoms with Crippen LogP contribution >= 0.6 is 0 Å². The summed E-state index contributed by atoms with van der Waals surface area (Å²) in [5, 5.41) is 5.56. The summed E-state index contributed by atoms with van der Waals surface area (Å²) in [5.74, 6) is -0.0405. The molecule has 0 fully saturated rings. The van der Waals surface area contributed by atoms with Crippen molar-refractivity contribution in [2.45, 2.75) is 39.3 Å². The van der Waals surface area contributed by atoms with Gasteiger partial charge in [0.25, 0.3) is 5.56 Å². The Balaban J connectivity index is 2.80. The number of amides is 1. The maximum Gasteiger partial charge on any atom is 0.293 e. The van der Waals surface area contributed by atoms with Crippen LogP contribution in [-0.4, -0.2) is 41.8 Å². The first-order valence-corrected chi connectivity index (χ1v) is 6.88. The highest BCUT2D eigenvalue weighted by atomic mass is 16.5. The van der Waals surface area contributed by atoms with E-state index in [2.05, 4.69) is 15.6 Å². The van der Waals surface area contributed by atoms with E-state index in [1.54, 1.807) is 31.0 Å². The summed E-state index contributed by atoms with van der Waals surface area (Å²) >= 11 is 0. The first kappa shape index (κ1) is 17.2. The van der Waals surface area contributed by atoms with Crippen LogP contribution in [0.2, 0.25) is 0 Å². The third-order valence-corrected chi connectivity index (χ3v) is 2.92. The third kappa shape index (κ3) is 4.86. The molecule has 0 bridgehead atoms. The number of anilines is 1. The number of nitrogens with one attached hydrogen (secondary N) is 2. The number of hydrogen-bond donors (Lipinski definition) is 2. The fourth-order valence-electron chi connectivity index (χ4n) is 1.74. The van der Waals surface area contributed by atoms with Crippen LogP contribution in [0, 0.1) is 0 Å². The second-order valence-corrected chi connectivity index (χ2v) is 5.77. The predicted octanol–water partition coefficient (Wildman–Crippen LogP) is 0.561. The summed E-state index contributed by atoms with van der Waals surface area (Å²) < 4.78 is 6.44. The smallest absolute Gasteiger partial charge is 0.293 e. The minimum atomic E-state index is -0.558. The number of carbonyl (C=O) groups is 1. The van der Waals surface area contributed by atoms with Crippen LogP contribution in [0.1, 0.15) is 27.7 Å². The highest BCUT2D eigenvalue weighted by molar-refractivity contribution is 5.83. The molecule has 1 aromatic rings. The van der Waals surface area contributed by atoms with Crippen molar-refractivity contribution in [2.24, 2.45) is 0 Å². The Bertz CT molecular complexity index is 534. The van der Waals surface area contributed by atoms with E-state index < -0.39 is 6.04 Å². The molecule has 2 N–H and O–H groups in total. The summed E-state index contributed by atoms with van der Waals surface area (Å²) in [6, 6.07) is -0.558.